The lowest BCUT2D eigenvalue weighted by Gasteiger charge is -2.12. The Morgan fingerprint density at radius 3 is 2.23 bits per heavy atom. The molecule has 2 rings (SSSR count). The molecule has 0 aliphatic heterocycles. The number of allylic oxidation sites excluding steroid dienone is 1. The molecule has 0 unspecified atom stereocenters. The third-order valence-electron chi connectivity index (χ3n) is 3.65. The van der Waals surface area contributed by atoms with Gasteiger partial charge in [0.15, 0.2) is 0 Å². The third kappa shape index (κ3) is 3.47. The van der Waals surface area contributed by atoms with Crippen LogP contribution in [0.25, 0.3) is 4.91 Å². The summed E-state index contributed by atoms with van der Waals surface area (Å²) in [7, 11) is -3.50. The highest BCUT2D eigenvalue weighted by atomic mass is 32.2. The maximum absolute atomic E-state index is 13.0. The predicted molar refractivity (Wildman–Crippen MR) is 92.4 cm³/mol. The summed E-state index contributed by atoms with van der Waals surface area (Å²) in [5.41, 5.74) is 2.81. The number of sulfone groups is 1. The van der Waals surface area contributed by atoms with Gasteiger partial charge in [-0.1, -0.05) is 61.4 Å². The Morgan fingerprint density at radius 2 is 1.64 bits per heavy atom. The van der Waals surface area contributed by atoms with E-state index in [4.69, 9.17) is 0 Å². The molecule has 0 aliphatic carbocycles. The molecular weight excluding hydrogens is 292 g/mol. The Balaban J connectivity index is 2.59. The third-order valence-corrected chi connectivity index (χ3v) is 5.51. The van der Waals surface area contributed by atoms with Crippen LogP contribution in [-0.4, -0.2) is 8.42 Å². The summed E-state index contributed by atoms with van der Waals surface area (Å²) in [6.07, 6.45) is 3.51. The van der Waals surface area contributed by atoms with Crippen molar-refractivity contribution in [3.8, 4) is 0 Å². The summed E-state index contributed by atoms with van der Waals surface area (Å²) in [5.74, 6) is 0. The van der Waals surface area contributed by atoms with Crippen LogP contribution < -0.4 is 0 Å². The van der Waals surface area contributed by atoms with Crippen LogP contribution in [0.4, 0.5) is 0 Å². The lowest BCUT2D eigenvalue weighted by Crippen LogP contribution is -2.06. The van der Waals surface area contributed by atoms with E-state index in [1.807, 2.05) is 63.2 Å². The highest BCUT2D eigenvalue weighted by Gasteiger charge is 2.22. The van der Waals surface area contributed by atoms with Crippen molar-refractivity contribution >= 4 is 14.7 Å². The molecule has 0 N–H and O–H groups in total. The first-order valence-corrected chi connectivity index (χ1v) is 9.03. The second-order valence-corrected chi connectivity index (χ2v) is 7.41. The molecule has 0 saturated heterocycles. The molecule has 0 radical (unpaired) electrons. The lowest BCUT2D eigenvalue weighted by atomic mass is 10.1. The van der Waals surface area contributed by atoms with Crippen molar-refractivity contribution in [3.05, 3.63) is 71.3 Å². The van der Waals surface area contributed by atoms with E-state index < -0.39 is 9.84 Å². The van der Waals surface area contributed by atoms with Crippen molar-refractivity contribution in [2.45, 2.75) is 38.5 Å². The monoisotopic (exact) mass is 314 g/mol. The smallest absolute Gasteiger partial charge is 0.206 e. The molecule has 0 aliphatic rings. The van der Waals surface area contributed by atoms with Crippen molar-refractivity contribution in [1.29, 1.82) is 0 Å². The summed E-state index contributed by atoms with van der Waals surface area (Å²) in [5, 5.41) is 0. The minimum absolute atomic E-state index is 0.351. The Bertz CT molecular complexity index is 769. The maximum atomic E-state index is 13.0. The van der Waals surface area contributed by atoms with Crippen LogP contribution in [0.2, 0.25) is 0 Å². The van der Waals surface area contributed by atoms with Gasteiger partial charge in [-0.15, -0.1) is 0 Å². The van der Waals surface area contributed by atoms with Crippen molar-refractivity contribution in [2.24, 2.45) is 0 Å². The fourth-order valence-electron chi connectivity index (χ4n) is 2.33. The van der Waals surface area contributed by atoms with Gasteiger partial charge in [-0.2, -0.15) is 0 Å². The van der Waals surface area contributed by atoms with E-state index in [-0.39, 0.29) is 0 Å². The van der Waals surface area contributed by atoms with Crippen LogP contribution >= 0.6 is 0 Å². The van der Waals surface area contributed by atoms with Gasteiger partial charge < -0.3 is 0 Å². The van der Waals surface area contributed by atoms with E-state index in [1.54, 1.807) is 12.1 Å². The SMILES string of the molecule is CCC/C=C(/c1ccccc1C)S(=O)(=O)c1ccc(C)cc1. The fourth-order valence-corrected chi connectivity index (χ4v) is 3.94. The lowest BCUT2D eigenvalue weighted by molar-refractivity contribution is 0.605. The van der Waals surface area contributed by atoms with Crippen molar-refractivity contribution in [3.63, 3.8) is 0 Å². The first-order chi connectivity index (χ1) is 10.5. The van der Waals surface area contributed by atoms with Gasteiger partial charge in [0.2, 0.25) is 9.84 Å². The quantitative estimate of drug-likeness (QED) is 0.785. The van der Waals surface area contributed by atoms with Crippen LogP contribution in [0.15, 0.2) is 59.5 Å². The standard InChI is InChI=1S/C19H22O2S/c1-4-5-10-19(18-9-7-6-8-16(18)3)22(20,21)17-13-11-15(2)12-14-17/h6-14H,4-5H2,1-3H3/b19-10-. The van der Waals surface area contributed by atoms with Gasteiger partial charge >= 0.3 is 0 Å². The van der Waals surface area contributed by atoms with Gasteiger partial charge in [0.1, 0.15) is 0 Å². The number of unbranched alkanes of at least 4 members (excludes halogenated alkanes) is 1. The predicted octanol–water partition coefficient (Wildman–Crippen LogP) is 4.92. The highest BCUT2D eigenvalue weighted by molar-refractivity contribution is 8.00. The van der Waals surface area contributed by atoms with Gasteiger partial charge in [-0.3, -0.25) is 0 Å². The Morgan fingerprint density at radius 1 is 1.00 bits per heavy atom. The molecule has 0 amide bonds. The van der Waals surface area contributed by atoms with E-state index in [0.29, 0.717) is 9.80 Å². The van der Waals surface area contributed by atoms with Crippen LogP contribution in [-0.2, 0) is 9.84 Å². The first-order valence-electron chi connectivity index (χ1n) is 7.54. The molecule has 116 valence electrons. The summed E-state index contributed by atoms with van der Waals surface area (Å²) in [6.45, 7) is 5.94. The second kappa shape index (κ2) is 6.93. The molecule has 0 saturated carbocycles. The van der Waals surface area contributed by atoms with Gasteiger partial charge in [-0.05, 0) is 43.5 Å². The largest absolute Gasteiger partial charge is 0.219 e. The molecule has 0 atom stereocenters. The molecule has 22 heavy (non-hydrogen) atoms. The Labute approximate surface area is 133 Å². The van der Waals surface area contributed by atoms with Crippen LogP contribution in [0.5, 0.6) is 0 Å². The van der Waals surface area contributed by atoms with Crippen molar-refractivity contribution in [1.82, 2.24) is 0 Å². The molecule has 2 aromatic rings. The summed E-state index contributed by atoms with van der Waals surface area (Å²) in [6, 6.07) is 14.7. The van der Waals surface area contributed by atoms with Crippen molar-refractivity contribution < 1.29 is 8.42 Å². The van der Waals surface area contributed by atoms with Crippen LogP contribution in [0.1, 0.15) is 36.5 Å². The zero-order chi connectivity index (χ0) is 16.2. The molecule has 0 aromatic heterocycles. The molecule has 0 fully saturated rings. The topological polar surface area (TPSA) is 34.1 Å². The number of aryl methyl sites for hydroxylation is 2. The zero-order valence-electron chi connectivity index (χ0n) is 13.3. The number of benzene rings is 2. The van der Waals surface area contributed by atoms with Crippen molar-refractivity contribution in [2.75, 3.05) is 0 Å². The number of rotatable bonds is 5. The Hall–Kier alpha value is -1.87. The van der Waals surface area contributed by atoms with Gasteiger partial charge in [0.25, 0.3) is 0 Å². The molecule has 3 heteroatoms. The minimum atomic E-state index is -3.50. The van der Waals surface area contributed by atoms with Crippen LogP contribution in [0.3, 0.4) is 0 Å². The number of hydrogen-bond acceptors (Lipinski definition) is 2. The normalized spacial score (nSPS) is 12.4. The van der Waals surface area contributed by atoms with Gasteiger partial charge in [0, 0.05) is 0 Å². The zero-order valence-corrected chi connectivity index (χ0v) is 14.2. The van der Waals surface area contributed by atoms with E-state index in [9.17, 15) is 8.42 Å². The molecular formula is C19H22O2S. The first kappa shape index (κ1) is 16.5. The molecule has 2 aromatic carbocycles. The minimum Gasteiger partial charge on any atom is -0.219 e. The summed E-state index contributed by atoms with van der Waals surface area (Å²) in [4.78, 5) is 0.764. The average molecular weight is 314 g/mol. The fraction of sp³-hybridized carbons (Fsp3) is 0.263. The molecule has 0 heterocycles. The Kier molecular flexibility index (Phi) is 5.19. The number of hydrogen-bond donors (Lipinski definition) is 0. The van der Waals surface area contributed by atoms with E-state index in [2.05, 4.69) is 0 Å². The average Bonchev–Trinajstić information content (AvgIpc) is 2.49. The van der Waals surface area contributed by atoms with Crippen LogP contribution in [0, 0.1) is 13.8 Å². The van der Waals surface area contributed by atoms with Gasteiger partial charge in [0.05, 0.1) is 9.80 Å². The van der Waals surface area contributed by atoms with Gasteiger partial charge in [-0.25, -0.2) is 8.42 Å². The van der Waals surface area contributed by atoms with E-state index in [0.717, 1.165) is 29.5 Å². The molecule has 0 bridgehead atoms. The summed E-state index contributed by atoms with van der Waals surface area (Å²) >= 11 is 0. The van der Waals surface area contributed by atoms with E-state index in [1.165, 1.54) is 0 Å². The second-order valence-electron chi connectivity index (χ2n) is 5.49. The summed E-state index contributed by atoms with van der Waals surface area (Å²) < 4.78 is 26.1. The maximum Gasteiger partial charge on any atom is 0.206 e. The molecule has 0 spiro atoms. The highest BCUT2D eigenvalue weighted by Crippen LogP contribution is 2.30. The molecule has 2 nitrogen and oxygen atoms in total. The van der Waals surface area contributed by atoms with E-state index >= 15 is 0 Å².